The van der Waals surface area contributed by atoms with E-state index in [2.05, 4.69) is 10.2 Å². The molecule has 1 saturated heterocycles. The molecule has 1 atom stereocenters. The molecule has 0 bridgehead atoms. The highest BCUT2D eigenvalue weighted by atomic mass is 16.5. The molecule has 3 rings (SSSR count). The lowest BCUT2D eigenvalue weighted by Crippen LogP contribution is -2.44. The Hall–Kier alpha value is -3.23. The first-order valence-electron chi connectivity index (χ1n) is 9.23. The largest absolute Gasteiger partial charge is 0.493 e. The number of benzene rings is 1. The lowest BCUT2D eigenvalue weighted by Gasteiger charge is -2.32. The highest BCUT2D eigenvalue weighted by molar-refractivity contribution is 5.95. The number of hydrogen-bond acceptors (Lipinski definition) is 8. The molecule has 29 heavy (non-hydrogen) atoms. The quantitative estimate of drug-likeness (QED) is 0.695. The number of ether oxygens (including phenoxy) is 5. The van der Waals surface area contributed by atoms with Crippen LogP contribution in [0.25, 0.3) is 0 Å². The van der Waals surface area contributed by atoms with Crippen LogP contribution in [0.4, 0.5) is 0 Å². The smallest absolute Gasteiger partial charge is 0.254 e. The van der Waals surface area contributed by atoms with Gasteiger partial charge in [0.2, 0.25) is 17.5 Å². The minimum Gasteiger partial charge on any atom is -0.493 e. The van der Waals surface area contributed by atoms with Crippen molar-refractivity contribution < 1.29 is 28.5 Å². The molecule has 1 amide bonds. The van der Waals surface area contributed by atoms with Crippen LogP contribution in [0.3, 0.4) is 0 Å². The Balaban J connectivity index is 1.73. The summed E-state index contributed by atoms with van der Waals surface area (Å²) in [7, 11) is 6.09. The summed E-state index contributed by atoms with van der Waals surface area (Å²) in [5.41, 5.74) is 0.462. The fourth-order valence-electron chi connectivity index (χ4n) is 3.26. The van der Waals surface area contributed by atoms with Gasteiger partial charge in [-0.15, -0.1) is 10.2 Å². The molecule has 1 fully saturated rings. The standard InChI is InChI=1S/C20H25N3O6/c1-25-15-10-13(11-16(26-2)19(15)28-4)20(24)23-9-5-6-14(12-23)29-18-8-7-17(27-3)21-22-18/h7-8,10-11,14H,5-6,9,12H2,1-4H3. The van der Waals surface area contributed by atoms with E-state index < -0.39 is 0 Å². The van der Waals surface area contributed by atoms with Crippen molar-refractivity contribution in [2.24, 2.45) is 0 Å². The molecule has 9 nitrogen and oxygen atoms in total. The van der Waals surface area contributed by atoms with Crippen LogP contribution in [0.5, 0.6) is 29.0 Å². The van der Waals surface area contributed by atoms with Gasteiger partial charge in [-0.2, -0.15) is 0 Å². The molecule has 1 aromatic heterocycles. The zero-order valence-electron chi connectivity index (χ0n) is 17.0. The van der Waals surface area contributed by atoms with Gasteiger partial charge in [-0.05, 0) is 25.0 Å². The predicted octanol–water partition coefficient (Wildman–Crippen LogP) is 2.19. The molecule has 0 radical (unpaired) electrons. The van der Waals surface area contributed by atoms with E-state index >= 15 is 0 Å². The van der Waals surface area contributed by atoms with Crippen LogP contribution in [0, 0.1) is 0 Å². The monoisotopic (exact) mass is 403 g/mol. The maximum absolute atomic E-state index is 13.1. The molecule has 1 aromatic carbocycles. The number of aromatic nitrogens is 2. The maximum Gasteiger partial charge on any atom is 0.254 e. The summed E-state index contributed by atoms with van der Waals surface area (Å²) in [5.74, 6) is 2.02. The average Bonchev–Trinajstić information content (AvgIpc) is 2.78. The summed E-state index contributed by atoms with van der Waals surface area (Å²) in [6.45, 7) is 1.09. The summed E-state index contributed by atoms with van der Waals surface area (Å²) in [6, 6.07) is 6.70. The fourth-order valence-corrected chi connectivity index (χ4v) is 3.26. The Bertz CT molecular complexity index is 818. The number of likely N-dealkylation sites (tertiary alicyclic amines) is 1. The van der Waals surface area contributed by atoms with E-state index in [0.717, 1.165) is 12.8 Å². The zero-order valence-corrected chi connectivity index (χ0v) is 17.0. The normalized spacial score (nSPS) is 16.1. The lowest BCUT2D eigenvalue weighted by molar-refractivity contribution is 0.0524. The summed E-state index contributed by atoms with van der Waals surface area (Å²) in [5, 5.41) is 7.89. The predicted molar refractivity (Wildman–Crippen MR) is 104 cm³/mol. The second kappa shape index (κ2) is 9.31. The van der Waals surface area contributed by atoms with Crippen LogP contribution in [-0.4, -0.2) is 68.6 Å². The van der Waals surface area contributed by atoms with Gasteiger partial charge in [0.15, 0.2) is 11.5 Å². The van der Waals surface area contributed by atoms with Crippen LogP contribution < -0.4 is 23.7 Å². The van der Waals surface area contributed by atoms with Crippen molar-refractivity contribution in [1.82, 2.24) is 15.1 Å². The number of piperidine rings is 1. The van der Waals surface area contributed by atoms with E-state index in [1.165, 1.54) is 28.4 Å². The van der Waals surface area contributed by atoms with E-state index in [9.17, 15) is 4.79 Å². The number of carbonyl (C=O) groups excluding carboxylic acids is 1. The molecular weight excluding hydrogens is 378 g/mol. The van der Waals surface area contributed by atoms with Gasteiger partial charge in [0.25, 0.3) is 5.91 Å². The molecule has 2 heterocycles. The molecule has 1 aliphatic heterocycles. The van der Waals surface area contributed by atoms with Gasteiger partial charge in [-0.25, -0.2) is 0 Å². The van der Waals surface area contributed by atoms with Crippen molar-refractivity contribution in [3.63, 3.8) is 0 Å². The zero-order chi connectivity index (χ0) is 20.8. The first kappa shape index (κ1) is 20.5. The Kier molecular flexibility index (Phi) is 6.58. The minimum absolute atomic E-state index is 0.127. The lowest BCUT2D eigenvalue weighted by atomic mass is 10.1. The Morgan fingerprint density at radius 3 is 2.17 bits per heavy atom. The topological polar surface area (TPSA) is 92.2 Å². The molecular formula is C20H25N3O6. The number of amides is 1. The Labute approximate surface area is 169 Å². The fraction of sp³-hybridized carbons (Fsp3) is 0.450. The summed E-state index contributed by atoms with van der Waals surface area (Å²) >= 11 is 0. The third-order valence-electron chi connectivity index (χ3n) is 4.69. The first-order valence-corrected chi connectivity index (χ1v) is 9.23. The number of carbonyl (C=O) groups is 1. The highest BCUT2D eigenvalue weighted by Gasteiger charge is 2.27. The van der Waals surface area contributed by atoms with Gasteiger partial charge < -0.3 is 28.6 Å². The maximum atomic E-state index is 13.1. The van der Waals surface area contributed by atoms with Gasteiger partial charge in [-0.3, -0.25) is 4.79 Å². The molecule has 0 N–H and O–H groups in total. The number of hydrogen-bond donors (Lipinski definition) is 0. The minimum atomic E-state index is -0.169. The van der Waals surface area contributed by atoms with Crippen LogP contribution >= 0.6 is 0 Å². The van der Waals surface area contributed by atoms with Crippen molar-refractivity contribution in [3.05, 3.63) is 29.8 Å². The van der Waals surface area contributed by atoms with Crippen molar-refractivity contribution in [2.75, 3.05) is 41.5 Å². The molecule has 1 unspecified atom stereocenters. The SMILES string of the molecule is COc1ccc(OC2CCCN(C(=O)c3cc(OC)c(OC)c(OC)c3)C2)nn1. The van der Waals surface area contributed by atoms with E-state index in [1.807, 2.05) is 0 Å². The molecule has 156 valence electrons. The molecule has 2 aromatic rings. The summed E-state index contributed by atoms with van der Waals surface area (Å²) in [6.07, 6.45) is 1.48. The molecule has 0 spiro atoms. The first-order chi connectivity index (χ1) is 14.1. The number of methoxy groups -OCH3 is 4. The second-order valence-corrected chi connectivity index (χ2v) is 6.46. The van der Waals surface area contributed by atoms with Gasteiger partial charge >= 0.3 is 0 Å². The van der Waals surface area contributed by atoms with Gasteiger partial charge in [-0.1, -0.05) is 0 Å². The van der Waals surface area contributed by atoms with E-state index in [0.29, 0.717) is 47.7 Å². The van der Waals surface area contributed by atoms with Gasteiger partial charge in [0.05, 0.1) is 35.0 Å². The third kappa shape index (κ3) is 4.61. The van der Waals surface area contributed by atoms with Crippen LogP contribution in [-0.2, 0) is 0 Å². The number of rotatable bonds is 7. The number of nitrogens with zero attached hydrogens (tertiary/aromatic N) is 3. The second-order valence-electron chi connectivity index (χ2n) is 6.46. The van der Waals surface area contributed by atoms with Crippen molar-refractivity contribution in [3.8, 4) is 29.0 Å². The molecule has 0 saturated carbocycles. The van der Waals surface area contributed by atoms with E-state index in [4.69, 9.17) is 23.7 Å². The van der Waals surface area contributed by atoms with Crippen LogP contribution in [0.2, 0.25) is 0 Å². The third-order valence-corrected chi connectivity index (χ3v) is 4.69. The summed E-state index contributed by atoms with van der Waals surface area (Å²) in [4.78, 5) is 14.8. The molecule has 9 heteroatoms. The van der Waals surface area contributed by atoms with Crippen LogP contribution in [0.15, 0.2) is 24.3 Å². The Morgan fingerprint density at radius 2 is 1.62 bits per heavy atom. The highest BCUT2D eigenvalue weighted by Crippen LogP contribution is 2.38. The van der Waals surface area contributed by atoms with Crippen LogP contribution in [0.1, 0.15) is 23.2 Å². The van der Waals surface area contributed by atoms with Crippen molar-refractivity contribution in [1.29, 1.82) is 0 Å². The average molecular weight is 403 g/mol. The Morgan fingerprint density at radius 1 is 0.966 bits per heavy atom. The van der Waals surface area contributed by atoms with E-state index in [1.54, 1.807) is 29.2 Å². The van der Waals surface area contributed by atoms with Gasteiger partial charge in [0.1, 0.15) is 6.10 Å². The molecule has 0 aliphatic carbocycles. The van der Waals surface area contributed by atoms with Crippen molar-refractivity contribution >= 4 is 5.91 Å². The van der Waals surface area contributed by atoms with Gasteiger partial charge in [0, 0.05) is 24.2 Å². The van der Waals surface area contributed by atoms with E-state index in [-0.39, 0.29) is 12.0 Å². The van der Waals surface area contributed by atoms with Crippen molar-refractivity contribution in [2.45, 2.75) is 18.9 Å². The summed E-state index contributed by atoms with van der Waals surface area (Å²) < 4.78 is 26.9. The molecule has 1 aliphatic rings.